The summed E-state index contributed by atoms with van der Waals surface area (Å²) in [6.07, 6.45) is 8.97. The summed E-state index contributed by atoms with van der Waals surface area (Å²) in [5, 5.41) is 22.6. The van der Waals surface area contributed by atoms with Crippen LogP contribution in [0.2, 0.25) is 0 Å². The number of fused-ring (bicyclic) bond motifs is 1. The molecule has 0 amide bonds. The van der Waals surface area contributed by atoms with Crippen LogP contribution < -0.4 is 16.4 Å². The molecule has 2 heterocycles. The van der Waals surface area contributed by atoms with Gasteiger partial charge in [-0.05, 0) is 50.3 Å². The highest BCUT2D eigenvalue weighted by Gasteiger charge is 2.19. The summed E-state index contributed by atoms with van der Waals surface area (Å²) in [4.78, 5) is 9.06. The van der Waals surface area contributed by atoms with Crippen molar-refractivity contribution in [3.8, 4) is 5.69 Å². The second kappa shape index (κ2) is 9.00. The Morgan fingerprint density at radius 2 is 2.00 bits per heavy atom. The van der Waals surface area contributed by atoms with E-state index in [1.165, 1.54) is 6.21 Å². The Bertz CT molecular complexity index is 1030. The fraction of sp³-hybridized carbons (Fsp3) is 0.381. The molecule has 4 rings (SSSR count). The highest BCUT2D eigenvalue weighted by Crippen LogP contribution is 2.22. The van der Waals surface area contributed by atoms with Gasteiger partial charge in [0.05, 0.1) is 11.9 Å². The molecule has 0 unspecified atom stereocenters. The van der Waals surface area contributed by atoms with Crippen LogP contribution in [0, 0.1) is 5.41 Å². The molecular formula is C21H27N9. The lowest BCUT2D eigenvalue weighted by atomic mass is 9.92. The van der Waals surface area contributed by atoms with Gasteiger partial charge in [-0.25, -0.2) is 4.98 Å². The van der Waals surface area contributed by atoms with Gasteiger partial charge in [-0.2, -0.15) is 9.67 Å². The van der Waals surface area contributed by atoms with E-state index in [4.69, 9.17) is 11.1 Å². The normalized spacial score (nSPS) is 19.6. The summed E-state index contributed by atoms with van der Waals surface area (Å²) < 4.78 is 1.71. The number of anilines is 1. The monoisotopic (exact) mass is 405 g/mol. The molecule has 9 nitrogen and oxygen atoms in total. The first-order valence-electron chi connectivity index (χ1n) is 10.3. The van der Waals surface area contributed by atoms with Gasteiger partial charge in [0, 0.05) is 36.6 Å². The van der Waals surface area contributed by atoms with Crippen molar-refractivity contribution in [2.75, 3.05) is 11.9 Å². The molecule has 1 aliphatic carbocycles. The van der Waals surface area contributed by atoms with E-state index in [1.54, 1.807) is 10.9 Å². The molecule has 9 heteroatoms. The van der Waals surface area contributed by atoms with E-state index in [0.717, 1.165) is 49.1 Å². The number of nitrogens with one attached hydrogen (secondary N) is 3. The van der Waals surface area contributed by atoms with Gasteiger partial charge in [0.1, 0.15) is 0 Å². The summed E-state index contributed by atoms with van der Waals surface area (Å²) in [6.45, 7) is 2.83. The molecule has 1 aliphatic rings. The van der Waals surface area contributed by atoms with Crippen LogP contribution >= 0.6 is 0 Å². The molecule has 0 radical (unpaired) electrons. The van der Waals surface area contributed by atoms with Crippen LogP contribution in [0.3, 0.4) is 0 Å². The SMILES string of the molecule is CCN/C=C(\C=N)c1ccc(-n2nnc3cnc(N[C@H]4CC[C@H](N)CC4)nc32)cc1. The fourth-order valence-electron chi connectivity index (χ4n) is 3.63. The van der Waals surface area contributed by atoms with Crippen LogP contribution in [0.1, 0.15) is 38.2 Å². The van der Waals surface area contributed by atoms with Gasteiger partial charge in [0.25, 0.3) is 0 Å². The van der Waals surface area contributed by atoms with E-state index in [-0.39, 0.29) is 0 Å². The maximum absolute atomic E-state index is 7.63. The van der Waals surface area contributed by atoms with Crippen LogP contribution in [-0.4, -0.2) is 49.8 Å². The van der Waals surface area contributed by atoms with Gasteiger partial charge in [-0.3, -0.25) is 0 Å². The van der Waals surface area contributed by atoms with Gasteiger partial charge in [-0.1, -0.05) is 17.3 Å². The third-order valence-electron chi connectivity index (χ3n) is 5.36. The van der Waals surface area contributed by atoms with Crippen molar-refractivity contribution in [1.29, 1.82) is 5.41 Å². The van der Waals surface area contributed by atoms with Gasteiger partial charge in [0.2, 0.25) is 5.95 Å². The summed E-state index contributed by atoms with van der Waals surface area (Å²) >= 11 is 0. The quantitative estimate of drug-likeness (QED) is 0.444. The largest absolute Gasteiger partial charge is 0.391 e. The molecule has 0 aliphatic heterocycles. The zero-order valence-corrected chi connectivity index (χ0v) is 17.0. The van der Waals surface area contributed by atoms with Gasteiger partial charge >= 0.3 is 0 Å². The molecule has 0 atom stereocenters. The zero-order valence-electron chi connectivity index (χ0n) is 17.0. The molecule has 3 aromatic rings. The minimum Gasteiger partial charge on any atom is -0.391 e. The molecule has 156 valence electrons. The summed E-state index contributed by atoms with van der Waals surface area (Å²) in [5.74, 6) is 0.586. The van der Waals surface area contributed by atoms with Gasteiger partial charge in [0.15, 0.2) is 11.2 Å². The van der Waals surface area contributed by atoms with Crippen LogP contribution in [0.25, 0.3) is 22.4 Å². The molecule has 0 bridgehead atoms. The van der Waals surface area contributed by atoms with E-state index in [1.807, 2.05) is 37.4 Å². The maximum atomic E-state index is 7.63. The van der Waals surface area contributed by atoms with E-state index >= 15 is 0 Å². The Kier molecular flexibility index (Phi) is 5.99. The molecule has 5 N–H and O–H groups in total. The Labute approximate surface area is 175 Å². The summed E-state index contributed by atoms with van der Waals surface area (Å²) in [6, 6.07) is 8.47. The molecule has 2 aromatic heterocycles. The van der Waals surface area contributed by atoms with Crippen LogP contribution in [-0.2, 0) is 0 Å². The second-order valence-electron chi connectivity index (χ2n) is 7.51. The average Bonchev–Trinajstić information content (AvgIpc) is 3.20. The predicted octanol–water partition coefficient (Wildman–Crippen LogP) is 2.49. The lowest BCUT2D eigenvalue weighted by Gasteiger charge is -2.26. The van der Waals surface area contributed by atoms with E-state index < -0.39 is 0 Å². The number of nitrogens with zero attached hydrogens (tertiary/aromatic N) is 5. The Morgan fingerprint density at radius 1 is 1.23 bits per heavy atom. The first-order valence-corrected chi connectivity index (χ1v) is 10.3. The minimum absolute atomic E-state index is 0.306. The van der Waals surface area contributed by atoms with Gasteiger partial charge in [-0.15, -0.1) is 5.10 Å². The standard InChI is InChI=1S/C21H27N9/c1-2-24-12-15(11-22)14-3-9-18(10-4-14)30-20-19(28-29-30)13-25-21(27-20)26-17-7-5-16(23)6-8-17/h3-4,9-13,16-17,22,24H,2,5-8,23H2,1H3,(H,25,26,27)/b15-12+,22-11?/t16-,17-. The lowest BCUT2D eigenvalue weighted by molar-refractivity contribution is 0.410. The first kappa shape index (κ1) is 20.0. The lowest BCUT2D eigenvalue weighted by Crippen LogP contribution is -2.33. The highest BCUT2D eigenvalue weighted by atomic mass is 15.4. The molecule has 1 saturated carbocycles. The molecular weight excluding hydrogens is 378 g/mol. The van der Waals surface area contributed by atoms with E-state index in [2.05, 4.69) is 30.9 Å². The van der Waals surface area contributed by atoms with Crippen molar-refractivity contribution in [1.82, 2.24) is 30.3 Å². The van der Waals surface area contributed by atoms with Gasteiger partial charge < -0.3 is 21.8 Å². The van der Waals surface area contributed by atoms with Crippen LogP contribution in [0.15, 0.2) is 36.7 Å². The Hall–Kier alpha value is -3.33. The van der Waals surface area contributed by atoms with Crippen molar-refractivity contribution in [2.24, 2.45) is 5.73 Å². The number of aromatic nitrogens is 5. The third kappa shape index (κ3) is 4.30. The molecule has 30 heavy (non-hydrogen) atoms. The van der Waals surface area contributed by atoms with E-state index in [0.29, 0.717) is 29.2 Å². The average molecular weight is 406 g/mol. The van der Waals surface area contributed by atoms with Crippen molar-refractivity contribution >= 4 is 28.9 Å². The highest BCUT2D eigenvalue weighted by molar-refractivity contribution is 6.08. The topological polar surface area (TPSA) is 130 Å². The second-order valence-corrected chi connectivity index (χ2v) is 7.51. The Morgan fingerprint density at radius 3 is 2.70 bits per heavy atom. The number of nitrogens with two attached hydrogens (primary N) is 1. The number of hydrogen-bond acceptors (Lipinski definition) is 8. The van der Waals surface area contributed by atoms with Crippen molar-refractivity contribution in [3.63, 3.8) is 0 Å². The summed E-state index contributed by atoms with van der Waals surface area (Å²) in [7, 11) is 0. The number of hydrogen-bond donors (Lipinski definition) is 4. The summed E-state index contributed by atoms with van der Waals surface area (Å²) in [5.41, 5.74) is 9.91. The van der Waals surface area contributed by atoms with Crippen molar-refractivity contribution in [3.05, 3.63) is 42.2 Å². The van der Waals surface area contributed by atoms with Crippen LogP contribution in [0.5, 0.6) is 0 Å². The van der Waals surface area contributed by atoms with Crippen molar-refractivity contribution in [2.45, 2.75) is 44.7 Å². The molecule has 0 spiro atoms. The number of rotatable bonds is 7. The zero-order chi connectivity index (χ0) is 20.9. The minimum atomic E-state index is 0.306. The van der Waals surface area contributed by atoms with E-state index in [9.17, 15) is 0 Å². The first-order chi connectivity index (χ1) is 14.7. The molecule has 0 saturated heterocycles. The number of allylic oxidation sites excluding steroid dienone is 1. The fourth-order valence-corrected chi connectivity index (χ4v) is 3.63. The van der Waals surface area contributed by atoms with Crippen molar-refractivity contribution < 1.29 is 0 Å². The number of benzene rings is 1. The van der Waals surface area contributed by atoms with Crippen LogP contribution in [0.4, 0.5) is 5.95 Å². The molecule has 1 aromatic carbocycles. The Balaban J connectivity index is 1.57. The molecule has 1 fully saturated rings. The maximum Gasteiger partial charge on any atom is 0.225 e. The smallest absolute Gasteiger partial charge is 0.225 e. The predicted molar refractivity (Wildman–Crippen MR) is 119 cm³/mol. The third-order valence-corrected chi connectivity index (χ3v) is 5.36.